The van der Waals surface area contributed by atoms with E-state index in [1.54, 1.807) is 38.3 Å². The third-order valence-electron chi connectivity index (χ3n) is 4.00. The summed E-state index contributed by atoms with van der Waals surface area (Å²) in [6.07, 6.45) is 0. The Labute approximate surface area is 148 Å². The number of hydrogen-bond acceptors (Lipinski definition) is 4. The van der Waals surface area contributed by atoms with Gasteiger partial charge < -0.3 is 14.8 Å². The van der Waals surface area contributed by atoms with Gasteiger partial charge >= 0.3 is 5.97 Å². The van der Waals surface area contributed by atoms with E-state index in [-0.39, 0.29) is 11.9 Å². The van der Waals surface area contributed by atoms with Crippen molar-refractivity contribution < 1.29 is 19.1 Å². The van der Waals surface area contributed by atoms with Crippen LogP contribution in [0.4, 0.5) is 5.69 Å². The first-order chi connectivity index (χ1) is 11.9. The van der Waals surface area contributed by atoms with Crippen LogP contribution in [0.25, 0.3) is 0 Å². The van der Waals surface area contributed by atoms with E-state index in [1.165, 1.54) is 0 Å². The van der Waals surface area contributed by atoms with E-state index in [4.69, 9.17) is 9.47 Å². The van der Waals surface area contributed by atoms with Gasteiger partial charge in [-0.2, -0.15) is 0 Å². The Morgan fingerprint density at radius 2 is 1.68 bits per heavy atom. The number of nitrogens with one attached hydrogen (secondary N) is 1. The minimum atomic E-state index is -0.785. The number of esters is 1. The Morgan fingerprint density at radius 1 is 1.04 bits per heavy atom. The van der Waals surface area contributed by atoms with Crippen LogP contribution in [0, 0.1) is 0 Å². The number of hydrogen-bond donors (Lipinski definition) is 1. The fraction of sp³-hybridized carbons (Fsp3) is 0.300. The van der Waals surface area contributed by atoms with E-state index in [9.17, 15) is 9.59 Å². The van der Waals surface area contributed by atoms with Crippen LogP contribution in [-0.4, -0.2) is 25.6 Å². The highest BCUT2D eigenvalue weighted by molar-refractivity contribution is 5.99. The van der Waals surface area contributed by atoms with Crippen LogP contribution in [0.3, 0.4) is 0 Å². The van der Waals surface area contributed by atoms with Gasteiger partial charge in [0.25, 0.3) is 0 Å². The fourth-order valence-electron chi connectivity index (χ4n) is 2.47. The number of carbonyl (C=O) groups excluding carboxylic acids is 2. The van der Waals surface area contributed by atoms with Crippen LogP contribution in [0.2, 0.25) is 0 Å². The molecule has 1 N–H and O–H groups in total. The lowest BCUT2D eigenvalue weighted by Gasteiger charge is -2.26. The zero-order valence-electron chi connectivity index (χ0n) is 15.0. The Bertz CT molecular complexity index is 751. The number of rotatable bonds is 6. The molecular formula is C20H23NO4. The lowest BCUT2D eigenvalue weighted by molar-refractivity contribution is -0.120. The number of carbonyl (C=O) groups is 2. The van der Waals surface area contributed by atoms with Crippen molar-refractivity contribution in [3.05, 3.63) is 59.7 Å². The highest BCUT2D eigenvalue weighted by atomic mass is 16.5. The molecule has 2 aromatic rings. The molecule has 0 fully saturated rings. The number of amides is 1. The Balaban J connectivity index is 2.16. The van der Waals surface area contributed by atoms with Crippen molar-refractivity contribution in [2.45, 2.75) is 26.2 Å². The number of benzene rings is 2. The average Bonchev–Trinajstić information content (AvgIpc) is 2.62. The summed E-state index contributed by atoms with van der Waals surface area (Å²) in [6.45, 7) is 5.76. The van der Waals surface area contributed by atoms with Crippen molar-refractivity contribution in [1.82, 2.24) is 0 Å². The minimum absolute atomic E-state index is 0.166. The van der Waals surface area contributed by atoms with Gasteiger partial charge in [0.15, 0.2) is 0 Å². The Morgan fingerprint density at radius 3 is 2.28 bits per heavy atom. The maximum absolute atomic E-state index is 12.8. The third kappa shape index (κ3) is 4.18. The molecule has 1 amide bonds. The van der Waals surface area contributed by atoms with Crippen LogP contribution < -0.4 is 10.1 Å². The monoisotopic (exact) mass is 341 g/mol. The summed E-state index contributed by atoms with van der Waals surface area (Å²) in [6, 6.07) is 14.1. The molecule has 0 spiro atoms. The molecule has 0 saturated carbocycles. The summed E-state index contributed by atoms with van der Waals surface area (Å²) in [5.41, 5.74) is 1.08. The molecule has 5 heteroatoms. The van der Waals surface area contributed by atoms with Crippen LogP contribution in [0.5, 0.6) is 5.75 Å². The summed E-state index contributed by atoms with van der Waals surface area (Å²) in [5.74, 6) is 0.121. The van der Waals surface area contributed by atoms with Gasteiger partial charge in [0.2, 0.25) is 5.91 Å². The summed E-state index contributed by atoms with van der Waals surface area (Å²) in [7, 11) is 1.58. The van der Waals surface area contributed by atoms with Crippen molar-refractivity contribution >= 4 is 17.6 Å². The molecule has 0 aliphatic heterocycles. The van der Waals surface area contributed by atoms with Gasteiger partial charge in [-0.1, -0.05) is 18.2 Å². The SMILES string of the molecule is CCOC(=O)c1ccc(NC(=O)C(C)(C)c2ccccc2OC)cc1. The van der Waals surface area contributed by atoms with Gasteiger partial charge in [-0.05, 0) is 51.1 Å². The molecule has 0 aliphatic rings. The highest BCUT2D eigenvalue weighted by Crippen LogP contribution is 2.32. The minimum Gasteiger partial charge on any atom is -0.496 e. The molecule has 5 nitrogen and oxygen atoms in total. The van der Waals surface area contributed by atoms with Gasteiger partial charge in [0, 0.05) is 11.3 Å². The normalized spacial score (nSPS) is 10.9. The van der Waals surface area contributed by atoms with Crippen LogP contribution in [0.15, 0.2) is 48.5 Å². The molecule has 132 valence electrons. The van der Waals surface area contributed by atoms with Crippen molar-refractivity contribution in [3.8, 4) is 5.75 Å². The molecule has 0 atom stereocenters. The average molecular weight is 341 g/mol. The molecule has 0 aliphatic carbocycles. The van der Waals surface area contributed by atoms with Gasteiger partial charge in [0.1, 0.15) is 5.75 Å². The topological polar surface area (TPSA) is 64.6 Å². The summed E-state index contributed by atoms with van der Waals surface area (Å²) in [5, 5.41) is 2.88. The Kier molecular flexibility index (Phi) is 5.80. The first-order valence-corrected chi connectivity index (χ1v) is 8.12. The Hall–Kier alpha value is -2.82. The number of para-hydroxylation sites is 1. The molecule has 0 unspecified atom stereocenters. The predicted molar refractivity (Wildman–Crippen MR) is 97.0 cm³/mol. The molecule has 2 rings (SSSR count). The highest BCUT2D eigenvalue weighted by Gasteiger charge is 2.32. The van der Waals surface area contributed by atoms with Crippen LogP contribution in [0.1, 0.15) is 36.7 Å². The number of anilines is 1. The second-order valence-electron chi connectivity index (χ2n) is 6.08. The van der Waals surface area contributed by atoms with Crippen molar-refractivity contribution in [3.63, 3.8) is 0 Å². The number of methoxy groups -OCH3 is 1. The molecular weight excluding hydrogens is 318 g/mol. The van der Waals surface area contributed by atoms with E-state index >= 15 is 0 Å². The quantitative estimate of drug-likeness (QED) is 0.812. The lowest BCUT2D eigenvalue weighted by Crippen LogP contribution is -2.35. The molecule has 0 radical (unpaired) electrons. The first-order valence-electron chi connectivity index (χ1n) is 8.12. The van der Waals surface area contributed by atoms with Gasteiger partial charge in [0.05, 0.1) is 24.7 Å². The predicted octanol–water partition coefficient (Wildman–Crippen LogP) is 3.79. The third-order valence-corrected chi connectivity index (χ3v) is 4.00. The standard InChI is InChI=1S/C20H23NO4/c1-5-25-18(22)14-10-12-15(13-11-14)21-19(23)20(2,3)16-8-6-7-9-17(16)24-4/h6-13H,5H2,1-4H3,(H,21,23). The molecule has 25 heavy (non-hydrogen) atoms. The van der Waals surface area contributed by atoms with E-state index < -0.39 is 5.41 Å². The van der Waals surface area contributed by atoms with Gasteiger partial charge in [-0.3, -0.25) is 4.79 Å². The molecule has 0 bridgehead atoms. The molecule has 0 aromatic heterocycles. The fourth-order valence-corrected chi connectivity index (χ4v) is 2.47. The van der Waals surface area contributed by atoms with E-state index in [0.29, 0.717) is 23.6 Å². The van der Waals surface area contributed by atoms with E-state index in [2.05, 4.69) is 5.32 Å². The smallest absolute Gasteiger partial charge is 0.338 e. The second-order valence-corrected chi connectivity index (χ2v) is 6.08. The summed E-state index contributed by atoms with van der Waals surface area (Å²) >= 11 is 0. The van der Waals surface area contributed by atoms with E-state index in [1.807, 2.05) is 38.1 Å². The summed E-state index contributed by atoms with van der Waals surface area (Å²) < 4.78 is 10.3. The van der Waals surface area contributed by atoms with Crippen molar-refractivity contribution in [2.24, 2.45) is 0 Å². The lowest BCUT2D eigenvalue weighted by atomic mass is 9.83. The molecule has 0 heterocycles. The van der Waals surface area contributed by atoms with Crippen LogP contribution in [-0.2, 0) is 14.9 Å². The van der Waals surface area contributed by atoms with Crippen molar-refractivity contribution in [2.75, 3.05) is 19.0 Å². The molecule has 2 aromatic carbocycles. The van der Waals surface area contributed by atoms with Crippen molar-refractivity contribution in [1.29, 1.82) is 0 Å². The maximum Gasteiger partial charge on any atom is 0.338 e. The van der Waals surface area contributed by atoms with E-state index in [0.717, 1.165) is 5.56 Å². The zero-order chi connectivity index (χ0) is 18.4. The zero-order valence-corrected chi connectivity index (χ0v) is 15.0. The van der Waals surface area contributed by atoms with Gasteiger partial charge in [-0.25, -0.2) is 4.79 Å². The van der Waals surface area contributed by atoms with Gasteiger partial charge in [-0.15, -0.1) is 0 Å². The first kappa shape index (κ1) is 18.5. The van der Waals surface area contributed by atoms with Crippen LogP contribution >= 0.6 is 0 Å². The molecule has 0 saturated heterocycles. The largest absolute Gasteiger partial charge is 0.496 e. The summed E-state index contributed by atoms with van der Waals surface area (Å²) in [4.78, 5) is 24.4. The second kappa shape index (κ2) is 7.83. The maximum atomic E-state index is 12.8. The number of ether oxygens (including phenoxy) is 2.